The number of aliphatic carboxylic acids is 1. The molecule has 2 unspecified atom stereocenters. The smallest absolute Gasteiger partial charge is 0.352 e. The lowest BCUT2D eigenvalue weighted by atomic mass is 10.0. The van der Waals surface area contributed by atoms with Crippen molar-refractivity contribution in [3.63, 3.8) is 0 Å². The topological polar surface area (TPSA) is 113 Å². The molecule has 2 amide bonds. The van der Waals surface area contributed by atoms with Crippen LogP contribution in [-0.4, -0.2) is 80.6 Å². The third kappa shape index (κ3) is 3.88. The summed E-state index contributed by atoms with van der Waals surface area (Å²) in [4.78, 5) is 36.4. The second-order valence-corrected chi connectivity index (χ2v) is 8.09. The monoisotopic (exact) mass is 416 g/mol. The van der Waals surface area contributed by atoms with Gasteiger partial charge in [0, 0.05) is 12.9 Å². The first-order valence-electron chi connectivity index (χ1n) is 7.14. The van der Waals surface area contributed by atoms with E-state index in [9.17, 15) is 36.9 Å². The summed E-state index contributed by atoms with van der Waals surface area (Å²) in [6.45, 7) is -2.16. The van der Waals surface area contributed by atoms with E-state index in [1.54, 1.807) is 0 Å². The number of hydrogen-bond acceptors (Lipinski definition) is 6. The zero-order valence-corrected chi connectivity index (χ0v) is 15.0. The average molecular weight is 416 g/mol. The molecular formula is C13H15F3N2O6S2. The number of alkyl halides is 3. The predicted molar refractivity (Wildman–Crippen MR) is 85.5 cm³/mol. The molecule has 0 bridgehead atoms. The standard InChI is InChI=1S/C13H15F3N2O6S2/c1-24-2-6-3-25-11-8(10(20)18(11)9(6)12(21)22)17-7(19)4-26(23)13(15,16)5-14/h8,11H,2-5H2,1H3,(H,17,19)(H,21,22)/t8?,11-,26?/m1/s1. The first-order chi connectivity index (χ1) is 12.1. The Morgan fingerprint density at radius 3 is 2.69 bits per heavy atom. The molecule has 2 N–H and O–H groups in total. The van der Waals surface area contributed by atoms with Crippen LogP contribution in [-0.2, 0) is 29.9 Å². The number of carbonyl (C=O) groups is 3. The van der Waals surface area contributed by atoms with Gasteiger partial charge in [-0.3, -0.25) is 18.7 Å². The van der Waals surface area contributed by atoms with Crippen molar-refractivity contribution in [3.05, 3.63) is 11.3 Å². The molecule has 2 aliphatic heterocycles. The molecule has 0 aromatic heterocycles. The van der Waals surface area contributed by atoms with Gasteiger partial charge in [-0.2, -0.15) is 8.78 Å². The molecule has 1 saturated heterocycles. The Labute approximate surface area is 152 Å². The molecule has 0 saturated carbocycles. The van der Waals surface area contributed by atoms with E-state index in [0.717, 1.165) is 4.90 Å². The highest BCUT2D eigenvalue weighted by molar-refractivity contribution is 8.00. The number of carboxylic acids is 1. The van der Waals surface area contributed by atoms with Crippen molar-refractivity contribution in [2.45, 2.75) is 16.7 Å². The number of β-lactam (4-membered cyclic amide) rings is 1. The molecule has 2 aliphatic rings. The number of carboxylic acid groups (broad SMARTS) is 1. The number of fused-ring (bicyclic) bond motifs is 1. The molecule has 3 atom stereocenters. The molecule has 2 rings (SSSR count). The van der Waals surface area contributed by atoms with E-state index in [0.29, 0.717) is 5.57 Å². The van der Waals surface area contributed by atoms with Gasteiger partial charge in [-0.15, -0.1) is 11.8 Å². The molecule has 1 fully saturated rings. The Morgan fingerprint density at radius 2 is 2.15 bits per heavy atom. The molecule has 0 aromatic rings. The number of carbonyl (C=O) groups excluding carboxylic acids is 2. The minimum Gasteiger partial charge on any atom is -0.477 e. The van der Waals surface area contributed by atoms with Gasteiger partial charge < -0.3 is 15.2 Å². The van der Waals surface area contributed by atoms with Crippen LogP contribution in [0.1, 0.15) is 0 Å². The maximum atomic E-state index is 12.9. The third-order valence-electron chi connectivity index (χ3n) is 3.64. The van der Waals surface area contributed by atoms with E-state index in [2.05, 4.69) is 5.32 Å². The Hall–Kier alpha value is -1.60. The molecule has 26 heavy (non-hydrogen) atoms. The van der Waals surface area contributed by atoms with E-state index in [1.165, 1.54) is 18.9 Å². The summed E-state index contributed by atoms with van der Waals surface area (Å²) in [5.41, 5.74) is 0.154. The molecule has 0 aromatic carbocycles. The SMILES string of the molecule is COCC1=C(C(=O)O)N2C(=O)C(NC(=O)CS(=O)C(F)(F)CF)[C@H]2SC1. The van der Waals surface area contributed by atoms with Crippen LogP contribution in [0.4, 0.5) is 13.2 Å². The lowest BCUT2D eigenvalue weighted by Gasteiger charge is -2.49. The van der Waals surface area contributed by atoms with Crippen LogP contribution in [0.3, 0.4) is 0 Å². The van der Waals surface area contributed by atoms with E-state index in [1.807, 2.05) is 0 Å². The number of nitrogens with one attached hydrogen (secondary N) is 1. The van der Waals surface area contributed by atoms with Crippen molar-refractivity contribution in [1.29, 1.82) is 0 Å². The highest BCUT2D eigenvalue weighted by Gasteiger charge is 2.54. The summed E-state index contributed by atoms with van der Waals surface area (Å²) in [5, 5.41) is 6.59. The molecule has 0 radical (unpaired) electrons. The number of halogens is 3. The predicted octanol–water partition coefficient (Wildman–Crippen LogP) is -0.318. The minimum atomic E-state index is -4.15. The normalized spacial score (nSPS) is 24.0. The van der Waals surface area contributed by atoms with Crippen molar-refractivity contribution in [2.75, 3.05) is 31.9 Å². The molecule has 13 heteroatoms. The largest absolute Gasteiger partial charge is 0.477 e. The van der Waals surface area contributed by atoms with E-state index in [4.69, 9.17) is 4.74 Å². The third-order valence-corrected chi connectivity index (χ3v) is 6.28. The Kier molecular flexibility index (Phi) is 6.34. The molecule has 146 valence electrons. The lowest BCUT2D eigenvalue weighted by molar-refractivity contribution is -0.150. The zero-order chi connectivity index (χ0) is 19.6. The Morgan fingerprint density at radius 1 is 1.50 bits per heavy atom. The zero-order valence-electron chi connectivity index (χ0n) is 13.4. The van der Waals surface area contributed by atoms with Crippen LogP contribution in [0.15, 0.2) is 11.3 Å². The number of nitrogens with zero attached hydrogens (tertiary/aromatic N) is 1. The van der Waals surface area contributed by atoms with Crippen LogP contribution < -0.4 is 5.32 Å². The van der Waals surface area contributed by atoms with Crippen molar-refractivity contribution in [1.82, 2.24) is 10.2 Å². The van der Waals surface area contributed by atoms with Gasteiger partial charge in [-0.05, 0) is 5.57 Å². The van der Waals surface area contributed by atoms with Crippen LogP contribution in [0.25, 0.3) is 0 Å². The molecule has 0 spiro atoms. The molecule has 8 nitrogen and oxygen atoms in total. The van der Waals surface area contributed by atoms with E-state index in [-0.39, 0.29) is 18.1 Å². The van der Waals surface area contributed by atoms with Gasteiger partial charge in [0.05, 0.1) is 6.61 Å². The summed E-state index contributed by atoms with van der Waals surface area (Å²) in [7, 11) is -1.70. The number of ether oxygens (including phenoxy) is 1. The number of thioether (sulfide) groups is 1. The van der Waals surface area contributed by atoms with Gasteiger partial charge in [0.2, 0.25) is 5.91 Å². The summed E-state index contributed by atoms with van der Waals surface area (Å²) < 4.78 is 54.1. The maximum absolute atomic E-state index is 12.9. The van der Waals surface area contributed by atoms with Gasteiger partial charge in [-0.1, -0.05) is 0 Å². The van der Waals surface area contributed by atoms with Gasteiger partial charge in [-0.25, -0.2) is 9.18 Å². The average Bonchev–Trinajstić information content (AvgIpc) is 2.59. The molecule has 0 aliphatic carbocycles. The van der Waals surface area contributed by atoms with Crippen LogP contribution in [0, 0.1) is 0 Å². The minimum absolute atomic E-state index is 0.0133. The fourth-order valence-electron chi connectivity index (χ4n) is 2.47. The second-order valence-electron chi connectivity index (χ2n) is 5.41. The summed E-state index contributed by atoms with van der Waals surface area (Å²) in [6.07, 6.45) is 0. The van der Waals surface area contributed by atoms with Crippen molar-refractivity contribution >= 4 is 40.3 Å². The van der Waals surface area contributed by atoms with Crippen molar-refractivity contribution < 1.29 is 41.6 Å². The highest BCUT2D eigenvalue weighted by Crippen LogP contribution is 2.40. The fraction of sp³-hybridized carbons (Fsp3) is 0.615. The van der Waals surface area contributed by atoms with Gasteiger partial charge in [0.15, 0.2) is 6.67 Å². The first kappa shape index (κ1) is 20.7. The Bertz CT molecular complexity index is 687. The molecule has 2 heterocycles. The number of amides is 2. The van der Waals surface area contributed by atoms with Gasteiger partial charge in [0.25, 0.3) is 5.91 Å². The van der Waals surface area contributed by atoms with Crippen molar-refractivity contribution in [3.8, 4) is 0 Å². The summed E-state index contributed by atoms with van der Waals surface area (Å²) >= 11 is 1.17. The molecular weight excluding hydrogens is 401 g/mol. The number of hydrogen-bond donors (Lipinski definition) is 2. The van der Waals surface area contributed by atoms with Crippen LogP contribution >= 0.6 is 11.8 Å². The second kappa shape index (κ2) is 7.96. The quantitative estimate of drug-likeness (QED) is 0.522. The van der Waals surface area contributed by atoms with Crippen molar-refractivity contribution in [2.24, 2.45) is 0 Å². The van der Waals surface area contributed by atoms with Gasteiger partial charge in [0.1, 0.15) is 33.7 Å². The van der Waals surface area contributed by atoms with E-state index >= 15 is 0 Å². The lowest BCUT2D eigenvalue weighted by Crippen LogP contribution is -2.71. The highest BCUT2D eigenvalue weighted by atomic mass is 32.2. The summed E-state index contributed by atoms with van der Waals surface area (Å²) in [5.74, 6) is -4.11. The van der Waals surface area contributed by atoms with Gasteiger partial charge >= 0.3 is 11.2 Å². The maximum Gasteiger partial charge on any atom is 0.352 e. The Balaban J connectivity index is 2.06. The number of rotatable bonds is 8. The summed E-state index contributed by atoms with van der Waals surface area (Å²) in [6, 6.07) is -1.14. The van der Waals surface area contributed by atoms with Crippen LogP contribution in [0.5, 0.6) is 0 Å². The van der Waals surface area contributed by atoms with Crippen LogP contribution in [0.2, 0.25) is 0 Å². The number of methoxy groups -OCH3 is 1. The van der Waals surface area contributed by atoms with E-state index < -0.39 is 57.7 Å². The first-order valence-corrected chi connectivity index (χ1v) is 9.51. The fourth-order valence-corrected chi connectivity index (χ4v) is 4.45.